The van der Waals surface area contributed by atoms with Gasteiger partial charge in [0.25, 0.3) is 0 Å². The molecule has 0 radical (unpaired) electrons. The second kappa shape index (κ2) is 4.08. The zero-order chi connectivity index (χ0) is 10.8. The van der Waals surface area contributed by atoms with Gasteiger partial charge in [-0.25, -0.2) is 0 Å². The van der Waals surface area contributed by atoms with Gasteiger partial charge >= 0.3 is 0 Å². The molecule has 0 unspecified atom stereocenters. The van der Waals surface area contributed by atoms with Gasteiger partial charge in [0.2, 0.25) is 5.95 Å². The summed E-state index contributed by atoms with van der Waals surface area (Å²) < 4.78 is 0. The second-order valence-corrected chi connectivity index (χ2v) is 3.82. The molecule has 15 heavy (non-hydrogen) atoms. The SMILES string of the molecule is Nc1n[nH]c(Cc2cccc(Cl)c2Cl)n1. The van der Waals surface area contributed by atoms with Gasteiger partial charge in [-0.2, -0.15) is 4.98 Å². The molecule has 0 aliphatic rings. The molecule has 3 N–H and O–H groups in total. The van der Waals surface area contributed by atoms with Crippen molar-refractivity contribution in [2.45, 2.75) is 6.42 Å². The molecule has 1 heterocycles. The first-order valence-corrected chi connectivity index (χ1v) is 5.02. The van der Waals surface area contributed by atoms with Crippen molar-refractivity contribution >= 4 is 29.2 Å². The van der Waals surface area contributed by atoms with Crippen molar-refractivity contribution in [2.24, 2.45) is 0 Å². The third-order valence-corrected chi connectivity index (χ3v) is 2.80. The lowest BCUT2D eigenvalue weighted by Gasteiger charge is -2.02. The Morgan fingerprint density at radius 1 is 1.33 bits per heavy atom. The Bertz CT molecular complexity index is 481. The highest BCUT2D eigenvalue weighted by atomic mass is 35.5. The van der Waals surface area contributed by atoms with Crippen LogP contribution in [0.4, 0.5) is 5.95 Å². The van der Waals surface area contributed by atoms with Crippen LogP contribution in [0.15, 0.2) is 18.2 Å². The third kappa shape index (κ3) is 2.22. The van der Waals surface area contributed by atoms with Crippen LogP contribution >= 0.6 is 23.2 Å². The number of halogens is 2. The van der Waals surface area contributed by atoms with Crippen molar-refractivity contribution in [3.05, 3.63) is 39.6 Å². The Labute approximate surface area is 96.4 Å². The van der Waals surface area contributed by atoms with Gasteiger partial charge in [-0.05, 0) is 11.6 Å². The molecule has 2 rings (SSSR count). The van der Waals surface area contributed by atoms with Crippen LogP contribution < -0.4 is 5.73 Å². The van der Waals surface area contributed by atoms with E-state index in [4.69, 9.17) is 28.9 Å². The quantitative estimate of drug-likeness (QED) is 0.850. The minimum Gasteiger partial charge on any atom is -0.367 e. The van der Waals surface area contributed by atoms with Crippen molar-refractivity contribution in [3.8, 4) is 0 Å². The smallest absolute Gasteiger partial charge is 0.239 e. The number of aromatic amines is 1. The summed E-state index contributed by atoms with van der Waals surface area (Å²) in [7, 11) is 0. The minimum atomic E-state index is 0.225. The largest absolute Gasteiger partial charge is 0.367 e. The highest BCUT2D eigenvalue weighted by Gasteiger charge is 2.07. The predicted octanol–water partition coefficient (Wildman–Crippen LogP) is 2.28. The normalized spacial score (nSPS) is 10.5. The summed E-state index contributed by atoms with van der Waals surface area (Å²) in [6.07, 6.45) is 0.531. The molecule has 0 amide bonds. The van der Waals surface area contributed by atoms with E-state index in [-0.39, 0.29) is 5.95 Å². The summed E-state index contributed by atoms with van der Waals surface area (Å²) in [4.78, 5) is 3.99. The number of nitrogens with one attached hydrogen (secondary N) is 1. The molecule has 0 saturated carbocycles. The van der Waals surface area contributed by atoms with Crippen LogP contribution in [0, 0.1) is 0 Å². The Kier molecular flexibility index (Phi) is 2.79. The number of nitrogen functional groups attached to an aromatic ring is 1. The lowest BCUT2D eigenvalue weighted by atomic mass is 10.1. The van der Waals surface area contributed by atoms with Crippen molar-refractivity contribution in [1.82, 2.24) is 15.2 Å². The average molecular weight is 243 g/mol. The van der Waals surface area contributed by atoms with Crippen LogP contribution in [0.2, 0.25) is 10.0 Å². The van der Waals surface area contributed by atoms with E-state index in [1.54, 1.807) is 6.07 Å². The maximum atomic E-state index is 6.02. The number of nitrogens with zero attached hydrogens (tertiary/aromatic N) is 2. The Balaban J connectivity index is 2.28. The van der Waals surface area contributed by atoms with Gasteiger partial charge in [0.15, 0.2) is 0 Å². The fourth-order valence-corrected chi connectivity index (χ4v) is 1.64. The topological polar surface area (TPSA) is 67.6 Å². The van der Waals surface area contributed by atoms with E-state index in [0.717, 1.165) is 5.56 Å². The van der Waals surface area contributed by atoms with Gasteiger partial charge in [0.05, 0.1) is 10.0 Å². The van der Waals surface area contributed by atoms with E-state index in [1.807, 2.05) is 12.1 Å². The number of anilines is 1. The number of hydrogen-bond acceptors (Lipinski definition) is 3. The van der Waals surface area contributed by atoms with Gasteiger partial charge in [-0.3, -0.25) is 5.10 Å². The first kappa shape index (κ1) is 10.3. The molecule has 0 aliphatic heterocycles. The molecule has 0 fully saturated rings. The van der Waals surface area contributed by atoms with E-state index < -0.39 is 0 Å². The van der Waals surface area contributed by atoms with E-state index in [0.29, 0.717) is 22.3 Å². The standard InChI is InChI=1S/C9H8Cl2N4/c10-6-3-1-2-5(8(6)11)4-7-13-9(12)15-14-7/h1-3H,4H2,(H3,12,13,14,15). The molecule has 78 valence electrons. The molecule has 6 heteroatoms. The molecule has 2 aromatic rings. The Morgan fingerprint density at radius 3 is 2.80 bits per heavy atom. The molecule has 0 atom stereocenters. The molecule has 1 aromatic carbocycles. The minimum absolute atomic E-state index is 0.225. The second-order valence-electron chi connectivity index (χ2n) is 3.03. The van der Waals surface area contributed by atoms with E-state index in [1.165, 1.54) is 0 Å². The number of aromatic nitrogens is 3. The average Bonchev–Trinajstić information content (AvgIpc) is 2.59. The maximum absolute atomic E-state index is 6.02. The van der Waals surface area contributed by atoms with Crippen molar-refractivity contribution < 1.29 is 0 Å². The fourth-order valence-electron chi connectivity index (χ4n) is 1.25. The van der Waals surface area contributed by atoms with Gasteiger partial charge in [-0.1, -0.05) is 35.3 Å². The summed E-state index contributed by atoms with van der Waals surface area (Å²) >= 11 is 11.9. The van der Waals surface area contributed by atoms with Crippen LogP contribution in [-0.4, -0.2) is 15.2 Å². The van der Waals surface area contributed by atoms with Gasteiger partial charge in [0.1, 0.15) is 5.82 Å². The molecule has 1 aromatic heterocycles. The number of H-pyrrole nitrogens is 1. The highest BCUT2D eigenvalue weighted by molar-refractivity contribution is 6.42. The monoisotopic (exact) mass is 242 g/mol. The van der Waals surface area contributed by atoms with Crippen LogP contribution in [0.1, 0.15) is 11.4 Å². The van der Waals surface area contributed by atoms with Gasteiger partial charge < -0.3 is 5.73 Å². The lowest BCUT2D eigenvalue weighted by Crippen LogP contribution is -1.93. The van der Waals surface area contributed by atoms with Crippen molar-refractivity contribution in [3.63, 3.8) is 0 Å². The fraction of sp³-hybridized carbons (Fsp3) is 0.111. The maximum Gasteiger partial charge on any atom is 0.239 e. The summed E-state index contributed by atoms with van der Waals surface area (Å²) in [5.74, 6) is 0.889. The summed E-state index contributed by atoms with van der Waals surface area (Å²) in [6, 6.07) is 5.46. The molecule has 4 nitrogen and oxygen atoms in total. The van der Waals surface area contributed by atoms with Gasteiger partial charge in [0, 0.05) is 6.42 Å². The van der Waals surface area contributed by atoms with E-state index >= 15 is 0 Å². The summed E-state index contributed by atoms with van der Waals surface area (Å²) in [5, 5.41) is 7.51. The first-order valence-electron chi connectivity index (χ1n) is 4.26. The van der Waals surface area contributed by atoms with E-state index in [9.17, 15) is 0 Å². The first-order chi connectivity index (χ1) is 7.16. The predicted molar refractivity (Wildman–Crippen MR) is 60.1 cm³/mol. The van der Waals surface area contributed by atoms with E-state index in [2.05, 4.69) is 15.2 Å². The van der Waals surface area contributed by atoms with Gasteiger partial charge in [-0.15, -0.1) is 5.10 Å². The summed E-state index contributed by atoms with van der Waals surface area (Å²) in [6.45, 7) is 0. The third-order valence-electron chi connectivity index (χ3n) is 1.94. The number of nitrogens with two attached hydrogens (primary N) is 1. The molecular weight excluding hydrogens is 235 g/mol. The molecule has 0 bridgehead atoms. The van der Waals surface area contributed by atoms with Crippen LogP contribution in [0.5, 0.6) is 0 Å². The highest BCUT2D eigenvalue weighted by Crippen LogP contribution is 2.26. The van der Waals surface area contributed by atoms with Crippen LogP contribution in [0.3, 0.4) is 0 Å². The zero-order valence-electron chi connectivity index (χ0n) is 7.67. The molecule has 0 saturated heterocycles. The lowest BCUT2D eigenvalue weighted by molar-refractivity contribution is 0.973. The molecular formula is C9H8Cl2N4. The van der Waals surface area contributed by atoms with Crippen LogP contribution in [0.25, 0.3) is 0 Å². The molecule has 0 spiro atoms. The number of rotatable bonds is 2. The number of benzene rings is 1. The van der Waals surface area contributed by atoms with Crippen LogP contribution in [-0.2, 0) is 6.42 Å². The Morgan fingerprint density at radius 2 is 2.13 bits per heavy atom. The number of hydrogen-bond donors (Lipinski definition) is 2. The zero-order valence-corrected chi connectivity index (χ0v) is 9.18. The van der Waals surface area contributed by atoms with Crippen molar-refractivity contribution in [2.75, 3.05) is 5.73 Å². The van der Waals surface area contributed by atoms with Crippen molar-refractivity contribution in [1.29, 1.82) is 0 Å². The Hall–Kier alpha value is -1.26. The molecule has 0 aliphatic carbocycles. The summed E-state index contributed by atoms with van der Waals surface area (Å²) in [5.41, 5.74) is 6.28.